The van der Waals surface area contributed by atoms with Crippen LogP contribution in [-0.2, 0) is 6.42 Å². The Bertz CT molecular complexity index is 597. The predicted octanol–water partition coefficient (Wildman–Crippen LogP) is 3.50. The molecule has 0 amide bonds. The number of aryl methyl sites for hydroxylation is 1. The van der Waals surface area contributed by atoms with E-state index in [1.54, 1.807) is 18.3 Å². The molecule has 3 rings (SSSR count). The molecule has 2 aromatic heterocycles. The van der Waals surface area contributed by atoms with Crippen LogP contribution >= 0.6 is 11.3 Å². The van der Waals surface area contributed by atoms with E-state index in [0.29, 0.717) is 17.4 Å². The third-order valence-electron chi connectivity index (χ3n) is 3.29. The first-order valence-corrected chi connectivity index (χ1v) is 6.94. The van der Waals surface area contributed by atoms with Crippen LogP contribution in [0.2, 0.25) is 0 Å². The van der Waals surface area contributed by atoms with Crippen molar-refractivity contribution in [1.82, 2.24) is 4.98 Å². The van der Waals surface area contributed by atoms with Crippen molar-refractivity contribution in [2.24, 2.45) is 0 Å². The molecule has 1 aliphatic rings. The van der Waals surface area contributed by atoms with E-state index in [9.17, 15) is 0 Å². The van der Waals surface area contributed by atoms with Gasteiger partial charge in [-0.2, -0.15) is 5.26 Å². The molecule has 0 aromatic carbocycles. The number of thiophene rings is 1. The van der Waals surface area contributed by atoms with E-state index in [4.69, 9.17) is 5.26 Å². The maximum Gasteiger partial charge on any atom is 0.144 e. The number of aromatic nitrogens is 1. The van der Waals surface area contributed by atoms with Gasteiger partial charge in [0.25, 0.3) is 0 Å². The molecule has 1 unspecified atom stereocenters. The summed E-state index contributed by atoms with van der Waals surface area (Å²) in [6.45, 7) is 0. The number of nitrogens with one attached hydrogen (secondary N) is 1. The first-order chi connectivity index (χ1) is 8.88. The van der Waals surface area contributed by atoms with Gasteiger partial charge in [-0.15, -0.1) is 11.3 Å². The minimum absolute atomic E-state index is 0.294. The number of fused-ring (bicyclic) bond motifs is 1. The summed E-state index contributed by atoms with van der Waals surface area (Å²) >= 11 is 1.82. The van der Waals surface area contributed by atoms with Gasteiger partial charge in [0.05, 0.1) is 11.6 Å². The molecule has 1 N–H and O–H groups in total. The summed E-state index contributed by atoms with van der Waals surface area (Å²) in [5, 5.41) is 14.6. The van der Waals surface area contributed by atoms with Crippen molar-refractivity contribution in [3.63, 3.8) is 0 Å². The smallest absolute Gasteiger partial charge is 0.144 e. The third kappa shape index (κ3) is 1.98. The summed E-state index contributed by atoms with van der Waals surface area (Å²) in [5.74, 6) is 0.698. The topological polar surface area (TPSA) is 48.7 Å². The van der Waals surface area contributed by atoms with Gasteiger partial charge in [-0.25, -0.2) is 4.98 Å². The molecule has 0 spiro atoms. The second kappa shape index (κ2) is 4.79. The van der Waals surface area contributed by atoms with Gasteiger partial charge >= 0.3 is 0 Å². The maximum absolute atomic E-state index is 9.08. The summed E-state index contributed by atoms with van der Waals surface area (Å²) in [7, 11) is 0. The molecular weight excluding hydrogens is 242 g/mol. The summed E-state index contributed by atoms with van der Waals surface area (Å²) < 4.78 is 0. The van der Waals surface area contributed by atoms with Crippen LogP contribution in [0.3, 0.4) is 0 Å². The van der Waals surface area contributed by atoms with Gasteiger partial charge in [0, 0.05) is 11.1 Å². The van der Waals surface area contributed by atoms with Crippen LogP contribution in [0.5, 0.6) is 0 Å². The highest BCUT2D eigenvalue weighted by atomic mass is 32.1. The number of hydrogen-bond donors (Lipinski definition) is 1. The first kappa shape index (κ1) is 11.2. The maximum atomic E-state index is 9.08. The minimum Gasteiger partial charge on any atom is -0.362 e. The van der Waals surface area contributed by atoms with Crippen molar-refractivity contribution in [2.45, 2.75) is 25.3 Å². The van der Waals surface area contributed by atoms with E-state index < -0.39 is 0 Å². The van der Waals surface area contributed by atoms with E-state index in [0.717, 1.165) is 6.42 Å². The molecule has 2 heterocycles. The van der Waals surface area contributed by atoms with Crippen LogP contribution < -0.4 is 5.32 Å². The van der Waals surface area contributed by atoms with Crippen molar-refractivity contribution in [1.29, 1.82) is 5.26 Å². The lowest BCUT2D eigenvalue weighted by Crippen LogP contribution is -2.16. The number of hydrogen-bond acceptors (Lipinski definition) is 4. The van der Waals surface area contributed by atoms with Gasteiger partial charge in [0.2, 0.25) is 0 Å². The average Bonchev–Trinajstić information content (AvgIpc) is 2.89. The molecule has 4 heteroatoms. The minimum atomic E-state index is 0.294. The van der Waals surface area contributed by atoms with E-state index in [-0.39, 0.29) is 0 Å². The van der Waals surface area contributed by atoms with Crippen LogP contribution in [0.4, 0.5) is 5.82 Å². The molecule has 1 aliphatic carbocycles. The number of nitriles is 1. The molecule has 0 fully saturated rings. The standard InChI is InChI=1S/C14H13N3S/c15-9-10-3-2-7-16-14(10)17-12-4-1-5-13-11(12)6-8-18-13/h2-3,6-8,12H,1,4-5H2,(H,16,17). The molecule has 0 bridgehead atoms. The molecule has 0 saturated carbocycles. The summed E-state index contributed by atoms with van der Waals surface area (Å²) in [4.78, 5) is 5.74. The zero-order chi connectivity index (χ0) is 12.4. The van der Waals surface area contributed by atoms with Crippen molar-refractivity contribution in [2.75, 3.05) is 5.32 Å². The SMILES string of the molecule is N#Cc1cccnc1NC1CCCc2sccc21. The summed E-state index contributed by atoms with van der Waals surface area (Å²) in [6.07, 6.45) is 5.20. The van der Waals surface area contributed by atoms with Gasteiger partial charge in [0.1, 0.15) is 11.9 Å². The number of rotatable bonds is 2. The van der Waals surface area contributed by atoms with Crippen molar-refractivity contribution in [3.8, 4) is 6.07 Å². The number of nitrogens with zero attached hydrogens (tertiary/aromatic N) is 2. The Morgan fingerprint density at radius 2 is 2.39 bits per heavy atom. The Balaban J connectivity index is 1.89. The molecule has 3 nitrogen and oxygen atoms in total. The number of anilines is 1. The lowest BCUT2D eigenvalue weighted by Gasteiger charge is -2.24. The Hall–Kier alpha value is -1.86. The van der Waals surface area contributed by atoms with Crippen LogP contribution in [0, 0.1) is 11.3 Å². The fourth-order valence-electron chi connectivity index (χ4n) is 2.41. The largest absolute Gasteiger partial charge is 0.362 e. The van der Waals surface area contributed by atoms with E-state index in [1.165, 1.54) is 23.3 Å². The highest BCUT2D eigenvalue weighted by molar-refractivity contribution is 7.10. The van der Waals surface area contributed by atoms with Gasteiger partial charge in [-0.3, -0.25) is 0 Å². The normalized spacial score (nSPS) is 17.8. The van der Waals surface area contributed by atoms with Gasteiger partial charge < -0.3 is 5.32 Å². The van der Waals surface area contributed by atoms with Crippen molar-refractivity contribution in [3.05, 3.63) is 45.8 Å². The quantitative estimate of drug-likeness (QED) is 0.893. The van der Waals surface area contributed by atoms with Gasteiger partial charge in [0.15, 0.2) is 0 Å². The molecule has 90 valence electrons. The molecule has 1 atom stereocenters. The van der Waals surface area contributed by atoms with Crippen LogP contribution in [0.25, 0.3) is 0 Å². The van der Waals surface area contributed by atoms with Crippen molar-refractivity contribution >= 4 is 17.2 Å². The second-order valence-electron chi connectivity index (χ2n) is 4.40. The fraction of sp³-hybridized carbons (Fsp3) is 0.286. The summed E-state index contributed by atoms with van der Waals surface area (Å²) in [6, 6.07) is 8.25. The molecule has 18 heavy (non-hydrogen) atoms. The molecule has 0 aliphatic heterocycles. The Kier molecular flexibility index (Phi) is 2.99. The second-order valence-corrected chi connectivity index (χ2v) is 5.40. The highest BCUT2D eigenvalue weighted by Gasteiger charge is 2.21. The zero-order valence-corrected chi connectivity index (χ0v) is 10.7. The van der Waals surface area contributed by atoms with Gasteiger partial charge in [-0.1, -0.05) is 0 Å². The summed E-state index contributed by atoms with van der Waals surface area (Å²) in [5.41, 5.74) is 1.99. The first-order valence-electron chi connectivity index (χ1n) is 6.06. The van der Waals surface area contributed by atoms with E-state index in [2.05, 4.69) is 27.8 Å². The molecular formula is C14H13N3S. The van der Waals surface area contributed by atoms with Crippen LogP contribution in [0.15, 0.2) is 29.8 Å². The van der Waals surface area contributed by atoms with Crippen LogP contribution in [-0.4, -0.2) is 4.98 Å². The van der Waals surface area contributed by atoms with Crippen LogP contribution in [0.1, 0.15) is 34.9 Å². The van der Waals surface area contributed by atoms with Gasteiger partial charge in [-0.05, 0) is 48.4 Å². The predicted molar refractivity (Wildman–Crippen MR) is 72.6 cm³/mol. The highest BCUT2D eigenvalue weighted by Crippen LogP contribution is 2.35. The van der Waals surface area contributed by atoms with Crippen molar-refractivity contribution < 1.29 is 0 Å². The zero-order valence-electron chi connectivity index (χ0n) is 9.89. The van der Waals surface area contributed by atoms with E-state index >= 15 is 0 Å². The Labute approximate surface area is 110 Å². The number of pyridine rings is 1. The fourth-order valence-corrected chi connectivity index (χ4v) is 3.40. The lowest BCUT2D eigenvalue weighted by atomic mass is 9.94. The Morgan fingerprint density at radius 1 is 1.44 bits per heavy atom. The average molecular weight is 255 g/mol. The monoisotopic (exact) mass is 255 g/mol. The molecule has 0 radical (unpaired) electrons. The molecule has 0 saturated heterocycles. The lowest BCUT2D eigenvalue weighted by molar-refractivity contribution is 0.607. The molecule has 2 aromatic rings. The third-order valence-corrected chi connectivity index (χ3v) is 4.29. The Morgan fingerprint density at radius 3 is 3.28 bits per heavy atom. The van der Waals surface area contributed by atoms with E-state index in [1.807, 2.05) is 11.3 Å².